The Bertz CT molecular complexity index is 1210. The van der Waals surface area contributed by atoms with Gasteiger partial charge in [-0.3, -0.25) is 14.5 Å². The number of carbonyl (C=O) groups is 3. The number of nitrogens with zero attached hydrogens (tertiary/aromatic N) is 1. The molecule has 5 atom stereocenters. The second-order valence-electron chi connectivity index (χ2n) is 15.4. The fourth-order valence-electron chi connectivity index (χ4n) is 6.35. The summed E-state index contributed by atoms with van der Waals surface area (Å²) in [4.78, 5) is 41.2. The number of methoxy groups -OCH3 is 3. The van der Waals surface area contributed by atoms with Crippen LogP contribution in [0.5, 0.6) is 11.5 Å². The second-order valence-corrected chi connectivity index (χ2v) is 15.4. The molecule has 1 aromatic carbocycles. The lowest BCUT2D eigenvalue weighted by atomic mass is 9.80. The zero-order chi connectivity index (χ0) is 37.1. The first-order valence-corrected chi connectivity index (χ1v) is 17.7. The van der Waals surface area contributed by atoms with E-state index in [2.05, 4.69) is 25.2 Å². The lowest BCUT2D eigenvalue weighted by Gasteiger charge is -2.37. The molecule has 0 unspecified atom stereocenters. The molecule has 1 aromatic rings. The number of hydrogen-bond donors (Lipinski definition) is 1. The van der Waals surface area contributed by atoms with Crippen LogP contribution in [0.3, 0.4) is 0 Å². The molecule has 49 heavy (non-hydrogen) atoms. The molecule has 1 aliphatic heterocycles. The molecule has 2 rings (SSSR count). The van der Waals surface area contributed by atoms with Crippen molar-refractivity contribution < 1.29 is 42.8 Å². The summed E-state index contributed by atoms with van der Waals surface area (Å²) in [6, 6.07) is 5.67. The number of amides is 2. The third-order valence-corrected chi connectivity index (χ3v) is 9.15. The second kappa shape index (κ2) is 18.8. The molecule has 280 valence electrons. The third kappa shape index (κ3) is 12.7. The summed E-state index contributed by atoms with van der Waals surface area (Å²) in [5.41, 5.74) is -0.578. The average molecular weight is 693 g/mol. The highest BCUT2D eigenvalue weighted by atomic mass is 16.6. The van der Waals surface area contributed by atoms with Crippen molar-refractivity contribution >= 4 is 18.0 Å². The summed E-state index contributed by atoms with van der Waals surface area (Å²) in [5, 5.41) is 2.95. The largest absolute Gasteiger partial charge is 0.493 e. The molecule has 0 spiro atoms. The lowest BCUT2D eigenvalue weighted by molar-refractivity contribution is -0.144. The van der Waals surface area contributed by atoms with Gasteiger partial charge in [0.1, 0.15) is 11.3 Å². The maximum Gasteiger partial charge on any atom is 0.412 e. The molecule has 1 fully saturated rings. The number of ether oxygens (including phenoxy) is 6. The van der Waals surface area contributed by atoms with Crippen molar-refractivity contribution in [1.82, 2.24) is 10.2 Å². The van der Waals surface area contributed by atoms with E-state index in [4.69, 9.17) is 28.4 Å². The standard InChI is InChI=1S/C38H64N2O9/c1-24(2)28(19-27-15-16-31(45-12)33(20-27)47-18-14-17-44-11)21-30-32(48-38(9,10)40(30)36(43)49-37(6,7)8)22-29(25(3)4)34(41)39-23-26(5)35(42)46-13/h15-16,20,24-26,28-30,32H,14,17-19,21-23H2,1-13H3,(H,39,41)/t26-,28-,29-,30-,32-/m0/s1. The van der Waals surface area contributed by atoms with Crippen molar-refractivity contribution in [3.8, 4) is 11.5 Å². The van der Waals surface area contributed by atoms with Crippen LogP contribution < -0.4 is 14.8 Å². The van der Waals surface area contributed by atoms with Crippen LogP contribution >= 0.6 is 0 Å². The molecule has 1 N–H and O–H groups in total. The molecule has 0 bridgehead atoms. The summed E-state index contributed by atoms with van der Waals surface area (Å²) < 4.78 is 34.3. The average Bonchev–Trinajstić information content (AvgIpc) is 3.27. The van der Waals surface area contributed by atoms with Gasteiger partial charge in [-0.2, -0.15) is 0 Å². The highest BCUT2D eigenvalue weighted by molar-refractivity contribution is 5.80. The van der Waals surface area contributed by atoms with Gasteiger partial charge in [-0.05, 0) is 89.3 Å². The van der Waals surface area contributed by atoms with E-state index >= 15 is 0 Å². The molecular weight excluding hydrogens is 628 g/mol. The Morgan fingerprint density at radius 3 is 2.18 bits per heavy atom. The van der Waals surface area contributed by atoms with E-state index in [0.29, 0.717) is 37.6 Å². The first kappa shape index (κ1) is 42.1. The van der Waals surface area contributed by atoms with Gasteiger partial charge in [0.25, 0.3) is 0 Å². The SMILES string of the molecule is COCCCOc1cc(C[C@@H](C[C@H]2[C@H](C[C@H](C(=O)NC[C@H](C)C(=O)OC)C(C)C)OC(C)(C)N2C(=O)OC(C)(C)C)C(C)C)ccc1OC. The van der Waals surface area contributed by atoms with Gasteiger partial charge in [-0.15, -0.1) is 0 Å². The van der Waals surface area contributed by atoms with Gasteiger partial charge in [-0.25, -0.2) is 4.79 Å². The Morgan fingerprint density at radius 2 is 1.63 bits per heavy atom. The summed E-state index contributed by atoms with van der Waals surface area (Å²) in [6.45, 7) is 20.7. The molecule has 11 nitrogen and oxygen atoms in total. The molecule has 0 saturated carbocycles. The molecular formula is C38H64N2O9. The molecule has 11 heteroatoms. The Balaban J connectivity index is 2.44. The zero-order valence-electron chi connectivity index (χ0n) is 32.3. The maximum atomic E-state index is 13.9. The van der Waals surface area contributed by atoms with Crippen LogP contribution in [0.4, 0.5) is 4.79 Å². The van der Waals surface area contributed by atoms with Crippen molar-refractivity contribution in [3.05, 3.63) is 23.8 Å². The molecule has 1 heterocycles. The Labute approximate surface area is 295 Å². The van der Waals surface area contributed by atoms with Crippen LogP contribution in [0.2, 0.25) is 0 Å². The third-order valence-electron chi connectivity index (χ3n) is 9.15. The number of rotatable bonds is 18. The van der Waals surface area contributed by atoms with Crippen LogP contribution in [0.15, 0.2) is 18.2 Å². The Kier molecular flexibility index (Phi) is 16.2. The molecule has 0 aliphatic carbocycles. The van der Waals surface area contributed by atoms with Crippen LogP contribution in [0.1, 0.15) is 94.1 Å². The lowest BCUT2D eigenvalue weighted by Crippen LogP contribution is -2.51. The van der Waals surface area contributed by atoms with Crippen molar-refractivity contribution in [2.24, 2.45) is 29.6 Å². The van der Waals surface area contributed by atoms with E-state index in [1.54, 1.807) is 26.0 Å². The number of hydrogen-bond acceptors (Lipinski definition) is 9. The van der Waals surface area contributed by atoms with Crippen LogP contribution in [0, 0.1) is 29.6 Å². The predicted octanol–water partition coefficient (Wildman–Crippen LogP) is 6.64. The highest BCUT2D eigenvalue weighted by Gasteiger charge is 2.52. The minimum atomic E-state index is -0.972. The minimum Gasteiger partial charge on any atom is -0.493 e. The van der Waals surface area contributed by atoms with Gasteiger partial charge >= 0.3 is 12.1 Å². The first-order chi connectivity index (χ1) is 22.8. The van der Waals surface area contributed by atoms with Gasteiger partial charge < -0.3 is 33.7 Å². The fourth-order valence-corrected chi connectivity index (χ4v) is 6.35. The summed E-state index contributed by atoms with van der Waals surface area (Å²) in [5.74, 6) is 0.337. The minimum absolute atomic E-state index is 0.0149. The van der Waals surface area contributed by atoms with Gasteiger partial charge in [0.15, 0.2) is 11.5 Å². The van der Waals surface area contributed by atoms with Crippen LogP contribution in [0.25, 0.3) is 0 Å². The van der Waals surface area contributed by atoms with Gasteiger partial charge in [0, 0.05) is 32.6 Å². The fraction of sp³-hybridized carbons (Fsp3) is 0.763. The van der Waals surface area contributed by atoms with Crippen LogP contribution in [-0.4, -0.2) is 87.4 Å². The van der Waals surface area contributed by atoms with E-state index in [0.717, 1.165) is 18.4 Å². The van der Waals surface area contributed by atoms with Crippen molar-refractivity contribution in [2.75, 3.05) is 41.1 Å². The Hall–Kier alpha value is -3.05. The zero-order valence-corrected chi connectivity index (χ0v) is 32.3. The van der Waals surface area contributed by atoms with E-state index in [1.807, 2.05) is 60.6 Å². The molecule has 0 aromatic heterocycles. The number of nitrogens with one attached hydrogen (secondary N) is 1. The molecule has 1 saturated heterocycles. The number of benzene rings is 1. The first-order valence-electron chi connectivity index (χ1n) is 17.7. The highest BCUT2D eigenvalue weighted by Crippen LogP contribution is 2.41. The normalized spacial score (nSPS) is 19.4. The molecule has 1 aliphatic rings. The van der Waals surface area contributed by atoms with Crippen molar-refractivity contribution in [3.63, 3.8) is 0 Å². The Morgan fingerprint density at radius 1 is 0.959 bits per heavy atom. The van der Waals surface area contributed by atoms with E-state index in [9.17, 15) is 14.4 Å². The smallest absolute Gasteiger partial charge is 0.412 e. The van der Waals surface area contributed by atoms with Gasteiger partial charge in [0.2, 0.25) is 5.91 Å². The van der Waals surface area contributed by atoms with Crippen molar-refractivity contribution in [2.45, 2.75) is 118 Å². The van der Waals surface area contributed by atoms with E-state index in [-0.39, 0.29) is 42.2 Å². The van der Waals surface area contributed by atoms with Gasteiger partial charge in [0.05, 0.1) is 38.9 Å². The number of carbonyl (C=O) groups excluding carboxylic acids is 3. The van der Waals surface area contributed by atoms with E-state index in [1.165, 1.54) is 7.11 Å². The molecule has 0 radical (unpaired) electrons. The monoisotopic (exact) mass is 692 g/mol. The summed E-state index contributed by atoms with van der Waals surface area (Å²) in [7, 11) is 4.64. The quantitative estimate of drug-likeness (QED) is 0.133. The predicted molar refractivity (Wildman–Crippen MR) is 190 cm³/mol. The van der Waals surface area contributed by atoms with Crippen LogP contribution in [-0.2, 0) is 35.0 Å². The van der Waals surface area contributed by atoms with E-state index < -0.39 is 35.4 Å². The number of esters is 1. The summed E-state index contributed by atoms with van der Waals surface area (Å²) in [6.07, 6.45) is 1.65. The maximum absolute atomic E-state index is 13.9. The topological polar surface area (TPSA) is 122 Å². The molecule has 2 amide bonds. The summed E-state index contributed by atoms with van der Waals surface area (Å²) >= 11 is 0. The van der Waals surface area contributed by atoms with Gasteiger partial charge in [-0.1, -0.05) is 40.7 Å². The van der Waals surface area contributed by atoms with Crippen molar-refractivity contribution in [1.29, 1.82) is 0 Å².